The molecule has 0 aliphatic carbocycles. The minimum atomic E-state index is -0.619. The topological polar surface area (TPSA) is 101 Å². The molecule has 2 aliphatic rings. The van der Waals surface area contributed by atoms with Gasteiger partial charge in [0, 0.05) is 12.1 Å². The molecule has 0 fully saturated rings. The van der Waals surface area contributed by atoms with Crippen molar-refractivity contribution in [3.8, 4) is 0 Å². The number of hydrogen-bond donors (Lipinski definition) is 0. The van der Waals surface area contributed by atoms with E-state index in [2.05, 4.69) is 0 Å². The summed E-state index contributed by atoms with van der Waals surface area (Å²) in [6.45, 7) is -0.306. The molecule has 8 heteroatoms. The van der Waals surface area contributed by atoms with Crippen molar-refractivity contribution in [3.63, 3.8) is 0 Å². The van der Waals surface area contributed by atoms with Crippen LogP contribution in [0.15, 0.2) is 48.5 Å². The third-order valence-corrected chi connectivity index (χ3v) is 5.13. The van der Waals surface area contributed by atoms with Gasteiger partial charge in [0.25, 0.3) is 17.7 Å². The average Bonchev–Trinajstić information content (AvgIpc) is 2.99. The molecular formula is C22H18N2O6. The number of benzene rings is 2. The zero-order valence-electron chi connectivity index (χ0n) is 16.0. The van der Waals surface area contributed by atoms with Crippen molar-refractivity contribution in [1.29, 1.82) is 0 Å². The van der Waals surface area contributed by atoms with Gasteiger partial charge in [0.05, 0.1) is 30.5 Å². The molecule has 0 N–H and O–H groups in total. The van der Waals surface area contributed by atoms with Crippen LogP contribution in [0.2, 0.25) is 0 Å². The van der Waals surface area contributed by atoms with Crippen LogP contribution in [0.25, 0.3) is 0 Å². The van der Waals surface area contributed by atoms with E-state index in [1.807, 2.05) is 0 Å². The first-order chi connectivity index (χ1) is 14.5. The van der Waals surface area contributed by atoms with Crippen molar-refractivity contribution in [2.24, 2.45) is 0 Å². The Morgan fingerprint density at radius 2 is 1.33 bits per heavy atom. The van der Waals surface area contributed by atoms with Gasteiger partial charge in [-0.15, -0.1) is 0 Å². The van der Waals surface area contributed by atoms with E-state index in [0.717, 1.165) is 9.80 Å². The van der Waals surface area contributed by atoms with Crippen LogP contribution in [0.3, 0.4) is 0 Å². The highest BCUT2D eigenvalue weighted by molar-refractivity contribution is 6.21. The Balaban J connectivity index is 1.27. The van der Waals surface area contributed by atoms with Crippen LogP contribution < -0.4 is 0 Å². The maximum Gasteiger partial charge on any atom is 0.307 e. The first kappa shape index (κ1) is 19.5. The van der Waals surface area contributed by atoms with Crippen LogP contribution in [-0.4, -0.2) is 59.1 Å². The Hall–Kier alpha value is -3.81. The predicted octanol–water partition coefficient (Wildman–Crippen LogP) is 1.44. The molecule has 0 unspecified atom stereocenters. The third kappa shape index (κ3) is 3.47. The van der Waals surface area contributed by atoms with Gasteiger partial charge in [-0.05, 0) is 23.8 Å². The van der Waals surface area contributed by atoms with E-state index in [1.165, 1.54) is 0 Å². The highest BCUT2D eigenvalue weighted by Crippen LogP contribution is 2.22. The van der Waals surface area contributed by atoms with Crippen molar-refractivity contribution < 1.29 is 28.7 Å². The number of hydrogen-bond acceptors (Lipinski definition) is 6. The fourth-order valence-corrected chi connectivity index (χ4v) is 3.59. The zero-order chi connectivity index (χ0) is 21.3. The lowest BCUT2D eigenvalue weighted by molar-refractivity contribution is -0.144. The third-order valence-electron chi connectivity index (χ3n) is 5.13. The number of nitrogens with zero attached hydrogens (tertiary/aromatic N) is 2. The molecule has 0 atom stereocenters. The summed E-state index contributed by atoms with van der Waals surface area (Å²) < 4.78 is 5.10. The van der Waals surface area contributed by atoms with Crippen molar-refractivity contribution in [2.45, 2.75) is 12.8 Å². The smallest absolute Gasteiger partial charge is 0.307 e. The molecule has 0 spiro atoms. The number of esters is 1. The highest BCUT2D eigenvalue weighted by Gasteiger charge is 2.35. The van der Waals surface area contributed by atoms with E-state index in [1.54, 1.807) is 48.5 Å². The summed E-state index contributed by atoms with van der Waals surface area (Å²) in [6, 6.07) is 13.4. The minimum Gasteiger partial charge on any atom is -0.464 e. The molecule has 2 aromatic rings. The fraction of sp³-hybridized carbons (Fsp3) is 0.227. The maximum atomic E-state index is 12.5. The van der Waals surface area contributed by atoms with E-state index in [0.29, 0.717) is 22.3 Å². The standard InChI is InChI=1S/C22H18N2O6/c25-18-13-14-5-1-2-6-15(14)20(27)23(18)10-9-19(26)30-12-11-24-21(28)16-7-3-4-8-17(16)22(24)29/h1-8H,9-13H2. The molecular weight excluding hydrogens is 388 g/mol. The summed E-state index contributed by atoms with van der Waals surface area (Å²) >= 11 is 0. The zero-order valence-corrected chi connectivity index (χ0v) is 16.0. The Bertz CT molecular complexity index is 1040. The van der Waals surface area contributed by atoms with Crippen molar-refractivity contribution in [2.75, 3.05) is 19.7 Å². The first-order valence-electron chi connectivity index (χ1n) is 9.51. The van der Waals surface area contributed by atoms with Crippen LogP contribution in [-0.2, 0) is 20.7 Å². The molecule has 30 heavy (non-hydrogen) atoms. The van der Waals surface area contributed by atoms with Crippen LogP contribution in [0, 0.1) is 0 Å². The Kier molecular flexibility index (Phi) is 5.14. The lowest BCUT2D eigenvalue weighted by Crippen LogP contribution is -2.43. The molecule has 4 amide bonds. The van der Waals surface area contributed by atoms with Crippen LogP contribution in [0.5, 0.6) is 0 Å². The van der Waals surface area contributed by atoms with E-state index in [-0.39, 0.29) is 38.4 Å². The maximum absolute atomic E-state index is 12.5. The monoisotopic (exact) mass is 406 g/mol. The van der Waals surface area contributed by atoms with Gasteiger partial charge in [-0.2, -0.15) is 0 Å². The largest absolute Gasteiger partial charge is 0.464 e. The number of fused-ring (bicyclic) bond motifs is 2. The lowest BCUT2D eigenvalue weighted by Gasteiger charge is -2.26. The van der Waals surface area contributed by atoms with Gasteiger partial charge in [-0.3, -0.25) is 33.8 Å². The summed E-state index contributed by atoms with van der Waals surface area (Å²) in [5.74, 6) is -2.26. The number of carbonyl (C=O) groups excluding carboxylic acids is 5. The number of imide groups is 2. The Morgan fingerprint density at radius 3 is 2.00 bits per heavy atom. The number of rotatable bonds is 6. The van der Waals surface area contributed by atoms with E-state index in [9.17, 15) is 24.0 Å². The molecule has 0 saturated carbocycles. The molecule has 152 valence electrons. The summed E-state index contributed by atoms with van der Waals surface area (Å²) in [5.41, 5.74) is 1.79. The van der Waals surface area contributed by atoms with E-state index in [4.69, 9.17) is 4.74 Å². The summed E-state index contributed by atoms with van der Waals surface area (Å²) in [4.78, 5) is 63.4. The molecule has 2 aliphatic heterocycles. The van der Waals surface area contributed by atoms with Gasteiger partial charge in [0.2, 0.25) is 5.91 Å². The van der Waals surface area contributed by atoms with Crippen LogP contribution >= 0.6 is 0 Å². The lowest BCUT2D eigenvalue weighted by atomic mass is 9.98. The summed E-state index contributed by atoms with van der Waals surface area (Å²) in [6.07, 6.45) is -0.0571. The number of amides is 4. The van der Waals surface area contributed by atoms with E-state index >= 15 is 0 Å². The molecule has 0 bridgehead atoms. The van der Waals surface area contributed by atoms with E-state index < -0.39 is 23.7 Å². The van der Waals surface area contributed by atoms with Gasteiger partial charge in [0.1, 0.15) is 6.61 Å². The van der Waals surface area contributed by atoms with Crippen molar-refractivity contribution in [1.82, 2.24) is 9.80 Å². The molecule has 0 saturated heterocycles. The van der Waals surface area contributed by atoms with Gasteiger partial charge >= 0.3 is 5.97 Å². The molecule has 2 heterocycles. The first-order valence-corrected chi connectivity index (χ1v) is 9.51. The van der Waals surface area contributed by atoms with Crippen molar-refractivity contribution in [3.05, 3.63) is 70.8 Å². The van der Waals surface area contributed by atoms with Gasteiger partial charge in [-0.25, -0.2) is 0 Å². The average molecular weight is 406 g/mol. The molecule has 2 aromatic carbocycles. The molecule has 8 nitrogen and oxygen atoms in total. The van der Waals surface area contributed by atoms with Crippen LogP contribution in [0.4, 0.5) is 0 Å². The quantitative estimate of drug-likeness (QED) is 0.532. The Labute approximate surface area is 172 Å². The number of ether oxygens (including phenoxy) is 1. The van der Waals surface area contributed by atoms with Crippen LogP contribution in [0.1, 0.15) is 43.1 Å². The SMILES string of the molecule is O=C(CCN1C(=O)Cc2ccccc2C1=O)OCCN1C(=O)c2ccccc2C1=O. The minimum absolute atomic E-state index is 0.0625. The molecule has 0 aromatic heterocycles. The second-order valence-corrected chi connectivity index (χ2v) is 6.96. The summed E-state index contributed by atoms with van der Waals surface area (Å²) in [5, 5.41) is 0. The second kappa shape index (κ2) is 7.90. The van der Waals surface area contributed by atoms with Gasteiger partial charge in [0.15, 0.2) is 0 Å². The van der Waals surface area contributed by atoms with Gasteiger partial charge < -0.3 is 4.74 Å². The van der Waals surface area contributed by atoms with Gasteiger partial charge in [-0.1, -0.05) is 30.3 Å². The molecule has 4 rings (SSSR count). The fourth-order valence-electron chi connectivity index (χ4n) is 3.59. The van der Waals surface area contributed by atoms with Crippen molar-refractivity contribution >= 4 is 29.6 Å². The number of carbonyl (C=O) groups is 5. The second-order valence-electron chi connectivity index (χ2n) is 6.96. The Morgan fingerprint density at radius 1 is 0.767 bits per heavy atom. The predicted molar refractivity (Wildman–Crippen MR) is 104 cm³/mol. The summed E-state index contributed by atoms with van der Waals surface area (Å²) in [7, 11) is 0. The normalized spacial score (nSPS) is 15.3. The molecule has 0 radical (unpaired) electrons. The highest BCUT2D eigenvalue weighted by atomic mass is 16.5.